The molecule has 0 spiro atoms. The fourth-order valence-corrected chi connectivity index (χ4v) is 8.84. The summed E-state index contributed by atoms with van der Waals surface area (Å²) in [4.78, 5) is 0. The minimum absolute atomic E-state index is 0.889. The second-order valence-electron chi connectivity index (χ2n) is 14.8. The summed E-state index contributed by atoms with van der Waals surface area (Å²) in [5.74, 6) is 0. The maximum atomic E-state index is 6.48. The predicted molar refractivity (Wildman–Crippen MR) is 232 cm³/mol. The first-order valence-electron chi connectivity index (χ1n) is 19.4. The zero-order chi connectivity index (χ0) is 36.5. The molecule has 0 aliphatic carbocycles. The van der Waals surface area contributed by atoms with Gasteiger partial charge in [-0.1, -0.05) is 116 Å². The van der Waals surface area contributed by atoms with Gasteiger partial charge in [-0.2, -0.15) is 0 Å². The lowest BCUT2D eigenvalue weighted by Gasteiger charge is -2.11. The van der Waals surface area contributed by atoms with Gasteiger partial charge in [-0.25, -0.2) is 0 Å². The van der Waals surface area contributed by atoms with Gasteiger partial charge in [-0.3, -0.25) is 0 Å². The summed E-state index contributed by atoms with van der Waals surface area (Å²) in [5.41, 5.74) is 15.1. The Kier molecular flexibility index (Phi) is 7.28. The number of benzene rings is 8. The fraction of sp³-hybridized carbons (Fsp3) is 0.0769. The van der Waals surface area contributed by atoms with Crippen LogP contribution < -0.4 is 0 Å². The summed E-state index contributed by atoms with van der Waals surface area (Å²) in [6.45, 7) is 2.25. The smallest absolute Gasteiger partial charge is 0.137 e. The number of fused-ring (bicyclic) bond motifs is 9. The van der Waals surface area contributed by atoms with Gasteiger partial charge in [0.05, 0.1) is 33.1 Å². The van der Waals surface area contributed by atoms with Crippen LogP contribution in [0.1, 0.15) is 25.3 Å². The van der Waals surface area contributed by atoms with Gasteiger partial charge in [0.25, 0.3) is 0 Å². The van der Waals surface area contributed by atoms with E-state index in [0.29, 0.717) is 0 Å². The maximum Gasteiger partial charge on any atom is 0.137 e. The van der Waals surface area contributed by atoms with Crippen LogP contribution in [0.5, 0.6) is 0 Å². The van der Waals surface area contributed by atoms with Crippen LogP contribution in [0.2, 0.25) is 0 Å². The Morgan fingerprint density at radius 1 is 0.418 bits per heavy atom. The van der Waals surface area contributed by atoms with Crippen molar-refractivity contribution in [3.05, 3.63) is 181 Å². The average Bonchev–Trinajstić information content (AvgIpc) is 3.90. The molecule has 3 heteroatoms. The molecule has 0 saturated heterocycles. The largest absolute Gasteiger partial charge is 0.456 e. The van der Waals surface area contributed by atoms with Crippen LogP contribution in [0.25, 0.3) is 99.2 Å². The van der Waals surface area contributed by atoms with Crippen LogP contribution in [0.3, 0.4) is 0 Å². The minimum Gasteiger partial charge on any atom is -0.456 e. The van der Waals surface area contributed by atoms with Crippen molar-refractivity contribution in [2.24, 2.45) is 0 Å². The zero-order valence-electron chi connectivity index (χ0n) is 30.7. The summed E-state index contributed by atoms with van der Waals surface area (Å²) in [6, 6.07) is 64.2. The molecule has 3 heterocycles. The number of hydrogen-bond donors (Lipinski definition) is 0. The normalized spacial score (nSPS) is 11.9. The van der Waals surface area contributed by atoms with Gasteiger partial charge in [0.1, 0.15) is 11.2 Å². The molecule has 0 aliphatic heterocycles. The lowest BCUT2D eigenvalue weighted by molar-refractivity contribution is 0.669. The molecular weight excluding hydrogens is 669 g/mol. The minimum atomic E-state index is 0.889. The molecule has 8 aromatic carbocycles. The number of unbranched alkanes of at least 4 members (excludes halogenated alkanes) is 1. The van der Waals surface area contributed by atoms with Gasteiger partial charge in [-0.05, 0) is 113 Å². The molecule has 0 aliphatic rings. The van der Waals surface area contributed by atoms with Gasteiger partial charge < -0.3 is 13.6 Å². The summed E-state index contributed by atoms with van der Waals surface area (Å²) >= 11 is 0. The molecule has 55 heavy (non-hydrogen) atoms. The van der Waals surface area contributed by atoms with Crippen molar-refractivity contribution in [1.82, 2.24) is 9.13 Å². The van der Waals surface area contributed by atoms with E-state index in [2.05, 4.69) is 192 Å². The highest BCUT2D eigenvalue weighted by molar-refractivity contribution is 6.16. The number of aryl methyl sites for hydroxylation is 1. The second-order valence-corrected chi connectivity index (χ2v) is 14.8. The van der Waals surface area contributed by atoms with Crippen LogP contribution >= 0.6 is 0 Å². The highest BCUT2D eigenvalue weighted by Crippen LogP contribution is 2.42. The Morgan fingerprint density at radius 3 is 1.71 bits per heavy atom. The van der Waals surface area contributed by atoms with E-state index in [9.17, 15) is 0 Å². The van der Waals surface area contributed by atoms with Crippen LogP contribution in [0.4, 0.5) is 0 Å². The molecule has 262 valence electrons. The van der Waals surface area contributed by atoms with E-state index in [1.807, 2.05) is 0 Å². The number of hydrogen-bond acceptors (Lipinski definition) is 1. The van der Waals surface area contributed by atoms with Crippen molar-refractivity contribution in [3.63, 3.8) is 0 Å². The Balaban J connectivity index is 1.07. The first kappa shape index (κ1) is 31.7. The van der Waals surface area contributed by atoms with E-state index >= 15 is 0 Å². The quantitative estimate of drug-likeness (QED) is 0.162. The van der Waals surface area contributed by atoms with Gasteiger partial charge >= 0.3 is 0 Å². The van der Waals surface area contributed by atoms with E-state index in [4.69, 9.17) is 4.42 Å². The Hall–Kier alpha value is -6.84. The van der Waals surface area contributed by atoms with Crippen LogP contribution in [-0.2, 0) is 6.42 Å². The van der Waals surface area contributed by atoms with E-state index in [1.165, 1.54) is 90.0 Å². The van der Waals surface area contributed by atoms with Gasteiger partial charge in [0, 0.05) is 32.6 Å². The fourth-order valence-electron chi connectivity index (χ4n) is 8.84. The van der Waals surface area contributed by atoms with Crippen molar-refractivity contribution in [2.75, 3.05) is 0 Å². The number of para-hydroxylation sites is 2. The second kappa shape index (κ2) is 12.6. The van der Waals surface area contributed by atoms with Crippen molar-refractivity contribution < 1.29 is 4.42 Å². The van der Waals surface area contributed by atoms with Crippen molar-refractivity contribution in [2.45, 2.75) is 26.2 Å². The molecule has 0 fully saturated rings. The maximum absolute atomic E-state index is 6.48. The third-order valence-corrected chi connectivity index (χ3v) is 11.5. The molecule has 0 radical (unpaired) electrons. The van der Waals surface area contributed by atoms with Crippen LogP contribution in [0, 0.1) is 0 Å². The Bertz CT molecular complexity index is 3230. The molecular formula is C52H38N2O. The van der Waals surface area contributed by atoms with Crippen molar-refractivity contribution in [1.29, 1.82) is 0 Å². The topological polar surface area (TPSA) is 23.0 Å². The summed E-state index contributed by atoms with van der Waals surface area (Å²) < 4.78 is 11.3. The first-order valence-corrected chi connectivity index (χ1v) is 19.4. The van der Waals surface area contributed by atoms with Gasteiger partial charge in [0.2, 0.25) is 0 Å². The lowest BCUT2D eigenvalue weighted by Crippen LogP contribution is -1.95. The summed E-state index contributed by atoms with van der Waals surface area (Å²) in [7, 11) is 0. The molecule has 11 rings (SSSR count). The third kappa shape index (κ3) is 5.04. The average molecular weight is 707 g/mol. The number of rotatable bonds is 7. The Morgan fingerprint density at radius 2 is 1.00 bits per heavy atom. The lowest BCUT2D eigenvalue weighted by atomic mass is 10.0. The summed E-state index contributed by atoms with van der Waals surface area (Å²) in [6.07, 6.45) is 3.56. The monoisotopic (exact) mass is 706 g/mol. The molecule has 11 aromatic rings. The van der Waals surface area contributed by atoms with E-state index in [-0.39, 0.29) is 0 Å². The standard InChI is InChI=1S/C52H38N2O/c1-2-3-12-34-21-26-39(27-22-34)53-45-17-9-7-15-40(45)42-31-37(23-28-47(42)53)38-24-29-48-43(32-38)41-16-8-10-18-46(41)54(48)49-19-11-20-51-52(49)44-33-36(25-30-50(44)55-51)35-13-5-4-6-14-35/h4-11,13-33H,2-3,12H2,1H3. The van der Waals surface area contributed by atoms with E-state index < -0.39 is 0 Å². The van der Waals surface area contributed by atoms with Gasteiger partial charge in [0.15, 0.2) is 0 Å². The van der Waals surface area contributed by atoms with Crippen molar-refractivity contribution in [3.8, 4) is 33.6 Å². The van der Waals surface area contributed by atoms with Crippen LogP contribution in [-0.4, -0.2) is 9.13 Å². The highest BCUT2D eigenvalue weighted by atomic mass is 16.3. The molecule has 0 unspecified atom stereocenters. The Labute approximate surface area is 319 Å². The molecule has 0 atom stereocenters. The number of nitrogens with zero attached hydrogens (tertiary/aromatic N) is 2. The number of aromatic nitrogens is 2. The molecule has 0 amide bonds. The number of furan rings is 1. The highest BCUT2D eigenvalue weighted by Gasteiger charge is 2.19. The molecule has 0 saturated carbocycles. The first-order chi connectivity index (χ1) is 27.2. The molecule has 0 bridgehead atoms. The third-order valence-electron chi connectivity index (χ3n) is 11.5. The van der Waals surface area contributed by atoms with Gasteiger partial charge in [-0.15, -0.1) is 0 Å². The van der Waals surface area contributed by atoms with Crippen molar-refractivity contribution >= 4 is 65.6 Å². The summed E-state index contributed by atoms with van der Waals surface area (Å²) in [5, 5.41) is 7.23. The molecule has 0 N–H and O–H groups in total. The zero-order valence-corrected chi connectivity index (χ0v) is 30.7. The van der Waals surface area contributed by atoms with Crippen LogP contribution in [0.15, 0.2) is 180 Å². The van der Waals surface area contributed by atoms with E-state index in [0.717, 1.165) is 34.0 Å². The molecule has 3 nitrogen and oxygen atoms in total. The SMILES string of the molecule is CCCCc1ccc(-n2c3ccccc3c3cc(-c4ccc5c(c4)c4ccccc4n5-c4cccc5oc6ccc(-c7ccccc7)cc6c45)ccc32)cc1. The van der Waals surface area contributed by atoms with E-state index in [1.54, 1.807) is 0 Å². The predicted octanol–water partition coefficient (Wildman–Crippen LogP) is 14.5. The molecule has 3 aromatic heterocycles.